The topological polar surface area (TPSA) is 58.9 Å². The fourth-order valence-corrected chi connectivity index (χ4v) is 1.04. The molecule has 0 fully saturated rings. The fourth-order valence-electron chi connectivity index (χ4n) is 1.04. The van der Waals surface area contributed by atoms with Gasteiger partial charge in [0, 0.05) is 12.2 Å². The third kappa shape index (κ3) is 4.41. The van der Waals surface area contributed by atoms with Gasteiger partial charge in [0.25, 0.3) is 0 Å². The summed E-state index contributed by atoms with van der Waals surface area (Å²) in [6.45, 7) is 2.25. The fraction of sp³-hybridized carbons (Fsp3) is 0.167. The molecule has 1 aromatic carbocycles. The van der Waals surface area contributed by atoms with Crippen LogP contribution in [0.3, 0.4) is 0 Å². The van der Waals surface area contributed by atoms with Gasteiger partial charge in [0.1, 0.15) is 0 Å². The molecule has 0 unspecified atom stereocenters. The molecule has 1 aromatic rings. The van der Waals surface area contributed by atoms with Gasteiger partial charge in [-0.2, -0.15) is 0 Å². The maximum atomic E-state index is 10.4. The third-order valence-corrected chi connectivity index (χ3v) is 1.66. The van der Waals surface area contributed by atoms with Crippen molar-refractivity contribution in [3.63, 3.8) is 0 Å². The van der Waals surface area contributed by atoms with Crippen LogP contribution in [0.25, 0.3) is 0 Å². The number of hydrogen-bond acceptors (Lipinski definition) is 3. The first-order valence-electron chi connectivity index (χ1n) is 4.90. The van der Waals surface area contributed by atoms with Gasteiger partial charge >= 0.3 is 5.97 Å². The summed E-state index contributed by atoms with van der Waals surface area (Å²) >= 11 is 0. The minimum Gasteiger partial charge on any atom is -0.478 e. The summed E-state index contributed by atoms with van der Waals surface area (Å²) < 4.78 is 5.20. The Labute approximate surface area is 93.9 Å². The van der Waals surface area contributed by atoms with Crippen LogP contribution in [-0.4, -0.2) is 23.6 Å². The van der Waals surface area contributed by atoms with Crippen LogP contribution in [0.5, 0.6) is 0 Å². The van der Waals surface area contributed by atoms with E-state index < -0.39 is 5.97 Å². The van der Waals surface area contributed by atoms with Crippen LogP contribution in [-0.2, 0) is 9.53 Å². The monoisotopic (exact) mass is 219 g/mol. The molecule has 0 atom stereocenters. The Hall–Kier alpha value is -2.10. The minimum absolute atomic E-state index is 0.288. The van der Waals surface area contributed by atoms with E-state index in [9.17, 15) is 4.79 Å². The molecule has 0 aliphatic rings. The van der Waals surface area contributed by atoms with E-state index in [0.717, 1.165) is 11.8 Å². The second-order valence-corrected chi connectivity index (χ2v) is 2.89. The maximum Gasteiger partial charge on any atom is 0.328 e. The molecule has 1 rings (SSSR count). The highest BCUT2D eigenvalue weighted by molar-refractivity contribution is 5.95. The number of nitrogens with zero attached hydrogens (tertiary/aromatic N) is 1. The molecular weight excluding hydrogens is 206 g/mol. The van der Waals surface area contributed by atoms with Gasteiger partial charge in [-0.05, 0) is 19.1 Å². The first kappa shape index (κ1) is 12.0. The molecule has 0 saturated heterocycles. The average molecular weight is 219 g/mol. The van der Waals surface area contributed by atoms with Crippen LogP contribution in [0.1, 0.15) is 6.92 Å². The van der Waals surface area contributed by atoms with Crippen LogP contribution in [0.15, 0.2) is 47.5 Å². The standard InChI is InChI=1S/C12H13NO3/c1-2-16-11(8-9-12(14)15)13-10-6-4-3-5-7-10/h3-9H,2H2,1H3,(H,14,15). The lowest BCUT2D eigenvalue weighted by atomic mass is 10.3. The number of ether oxygens (including phenoxy) is 1. The number of rotatable bonds is 4. The number of carboxylic acids is 1. The van der Waals surface area contributed by atoms with Gasteiger partial charge in [0.15, 0.2) is 0 Å². The Bertz CT molecular complexity index is 396. The van der Waals surface area contributed by atoms with E-state index in [1.807, 2.05) is 37.3 Å². The van der Waals surface area contributed by atoms with Crippen LogP contribution >= 0.6 is 0 Å². The number of aliphatic imine (C=N–C) groups is 1. The van der Waals surface area contributed by atoms with Crippen LogP contribution in [0.2, 0.25) is 0 Å². The molecule has 0 aliphatic carbocycles. The lowest BCUT2D eigenvalue weighted by molar-refractivity contribution is -0.131. The summed E-state index contributed by atoms with van der Waals surface area (Å²) in [7, 11) is 0. The van der Waals surface area contributed by atoms with Crippen LogP contribution in [0, 0.1) is 0 Å². The molecule has 0 radical (unpaired) electrons. The van der Waals surface area contributed by atoms with Crippen molar-refractivity contribution in [2.24, 2.45) is 4.99 Å². The lowest BCUT2D eigenvalue weighted by Gasteiger charge is -2.02. The Morgan fingerprint density at radius 2 is 2.06 bits per heavy atom. The molecule has 16 heavy (non-hydrogen) atoms. The highest BCUT2D eigenvalue weighted by atomic mass is 16.5. The predicted molar refractivity (Wildman–Crippen MR) is 61.9 cm³/mol. The highest BCUT2D eigenvalue weighted by Gasteiger charge is 1.96. The number of para-hydroxylation sites is 1. The third-order valence-electron chi connectivity index (χ3n) is 1.66. The van der Waals surface area contributed by atoms with Gasteiger partial charge in [-0.3, -0.25) is 0 Å². The highest BCUT2D eigenvalue weighted by Crippen LogP contribution is 2.10. The summed E-state index contributed by atoms with van der Waals surface area (Å²) in [6, 6.07) is 9.21. The zero-order chi connectivity index (χ0) is 11.8. The lowest BCUT2D eigenvalue weighted by Crippen LogP contribution is -2.01. The van der Waals surface area contributed by atoms with E-state index in [0.29, 0.717) is 6.61 Å². The molecule has 4 nitrogen and oxygen atoms in total. The molecule has 1 N–H and O–H groups in total. The summed E-state index contributed by atoms with van der Waals surface area (Å²) in [4.78, 5) is 14.5. The van der Waals surface area contributed by atoms with Gasteiger partial charge in [0.2, 0.25) is 5.90 Å². The molecule has 0 amide bonds. The summed E-state index contributed by atoms with van der Waals surface area (Å²) in [6.07, 6.45) is 2.33. The Morgan fingerprint density at radius 1 is 1.38 bits per heavy atom. The van der Waals surface area contributed by atoms with Gasteiger partial charge < -0.3 is 9.84 Å². The minimum atomic E-state index is -1.03. The molecule has 0 heterocycles. The van der Waals surface area contributed by atoms with E-state index in [2.05, 4.69) is 4.99 Å². The number of aliphatic carboxylic acids is 1. The van der Waals surface area contributed by atoms with E-state index in [1.54, 1.807) is 0 Å². The first-order chi connectivity index (χ1) is 7.72. The van der Waals surface area contributed by atoms with E-state index in [1.165, 1.54) is 6.08 Å². The maximum absolute atomic E-state index is 10.4. The summed E-state index contributed by atoms with van der Waals surface area (Å²) in [5, 5.41) is 8.50. The van der Waals surface area contributed by atoms with Crippen LogP contribution < -0.4 is 0 Å². The van der Waals surface area contributed by atoms with E-state index >= 15 is 0 Å². The van der Waals surface area contributed by atoms with Gasteiger partial charge in [-0.25, -0.2) is 9.79 Å². The van der Waals surface area contributed by atoms with E-state index in [-0.39, 0.29) is 5.90 Å². The smallest absolute Gasteiger partial charge is 0.328 e. The Balaban J connectivity index is 2.85. The Morgan fingerprint density at radius 3 is 2.62 bits per heavy atom. The van der Waals surface area contributed by atoms with Crippen molar-refractivity contribution < 1.29 is 14.6 Å². The molecule has 0 aromatic heterocycles. The summed E-state index contributed by atoms with van der Waals surface area (Å²) in [5.41, 5.74) is 0.723. The second kappa shape index (κ2) is 6.40. The van der Waals surface area contributed by atoms with Crippen molar-refractivity contribution in [1.82, 2.24) is 0 Å². The Kier molecular flexibility index (Phi) is 4.79. The van der Waals surface area contributed by atoms with Crippen molar-refractivity contribution in [1.29, 1.82) is 0 Å². The largest absolute Gasteiger partial charge is 0.478 e. The quantitative estimate of drug-likeness (QED) is 0.480. The summed E-state index contributed by atoms with van der Waals surface area (Å²) in [5.74, 6) is -0.739. The number of benzene rings is 1. The van der Waals surface area contributed by atoms with Crippen LogP contribution in [0.4, 0.5) is 5.69 Å². The number of hydrogen-bond donors (Lipinski definition) is 1. The molecule has 4 heteroatoms. The molecular formula is C12H13NO3. The van der Waals surface area contributed by atoms with Crippen molar-refractivity contribution >= 4 is 17.6 Å². The van der Waals surface area contributed by atoms with Gasteiger partial charge in [-0.1, -0.05) is 18.2 Å². The van der Waals surface area contributed by atoms with E-state index in [4.69, 9.17) is 9.84 Å². The molecule has 0 spiro atoms. The van der Waals surface area contributed by atoms with Gasteiger partial charge in [-0.15, -0.1) is 0 Å². The number of carbonyl (C=O) groups is 1. The van der Waals surface area contributed by atoms with Crippen molar-refractivity contribution in [2.75, 3.05) is 6.61 Å². The van der Waals surface area contributed by atoms with Crippen molar-refractivity contribution in [3.8, 4) is 0 Å². The molecule has 0 saturated carbocycles. The number of carboxylic acid groups (broad SMARTS) is 1. The van der Waals surface area contributed by atoms with Crippen molar-refractivity contribution in [3.05, 3.63) is 42.5 Å². The molecule has 0 bridgehead atoms. The predicted octanol–water partition coefficient (Wildman–Crippen LogP) is 2.39. The average Bonchev–Trinajstić information content (AvgIpc) is 2.27. The first-order valence-corrected chi connectivity index (χ1v) is 4.90. The van der Waals surface area contributed by atoms with Gasteiger partial charge in [0.05, 0.1) is 12.3 Å². The van der Waals surface area contributed by atoms with Crippen molar-refractivity contribution in [2.45, 2.75) is 6.92 Å². The molecule has 84 valence electrons. The molecule has 0 aliphatic heterocycles. The SMILES string of the molecule is CCOC(C=CC(=O)O)=Nc1ccccc1. The zero-order valence-electron chi connectivity index (χ0n) is 8.96. The zero-order valence-corrected chi connectivity index (χ0v) is 8.96. The second-order valence-electron chi connectivity index (χ2n) is 2.89. The normalized spacial score (nSPS) is 11.7.